The van der Waals surface area contributed by atoms with Gasteiger partial charge in [-0.1, -0.05) is 400 Å². The zero-order valence-corrected chi connectivity index (χ0v) is 70.7. The molecule has 8 heteroatoms. The maximum Gasteiger partial charge on any atom is 0.0863 e. The number of hydrogen-bond donors (Lipinski definition) is 0. The van der Waals surface area contributed by atoms with Gasteiger partial charge in [-0.3, -0.25) is 0 Å². The molecule has 0 aromatic heterocycles. The van der Waals surface area contributed by atoms with Crippen LogP contribution in [0.25, 0.3) is 0 Å². The molecule has 0 spiro atoms. The van der Waals surface area contributed by atoms with Gasteiger partial charge >= 0.3 is 0 Å². The molecule has 0 amide bonds. The summed E-state index contributed by atoms with van der Waals surface area (Å²) in [6.07, 6.45) is 93.5. The van der Waals surface area contributed by atoms with Gasteiger partial charge in [0, 0.05) is 11.1 Å². The minimum atomic E-state index is -1.95. The van der Waals surface area contributed by atoms with E-state index in [0.29, 0.717) is 0 Å². The third-order valence-corrected chi connectivity index (χ3v) is 24.0. The molecule has 0 bridgehead atoms. The molecule has 2 rings (SSSR count). The summed E-state index contributed by atoms with van der Waals surface area (Å²) in [6.45, 7) is 30.6. The highest BCUT2D eigenvalue weighted by Crippen LogP contribution is 2.26. The Bertz CT molecular complexity index is 1780. The fraction of sp³-hybridized carbons (Fsp3) is 0.851. The molecule has 7 nitrogen and oxygen atoms in total. The Morgan fingerprint density at radius 2 is 0.353 bits per heavy atom. The van der Waals surface area contributed by atoms with Crippen LogP contribution >= 0.6 is 0 Å². The summed E-state index contributed by atoms with van der Waals surface area (Å²) in [5, 5.41) is 22.0. The van der Waals surface area contributed by atoms with Crippen LogP contribution in [0.2, 0.25) is 0 Å². The van der Waals surface area contributed by atoms with Crippen LogP contribution in [0.15, 0.2) is 58.3 Å². The van der Waals surface area contributed by atoms with Crippen molar-refractivity contribution in [3.63, 3.8) is 0 Å². The Morgan fingerprint density at radius 1 is 0.225 bits per heavy atom. The summed E-state index contributed by atoms with van der Waals surface area (Å²) in [5.41, 5.74) is -0.474. The number of carboxylic acid groups (broad SMARTS) is 2. The molecule has 0 aliphatic heterocycles. The Balaban J connectivity index is 0.00000158. The van der Waals surface area contributed by atoms with Gasteiger partial charge in [-0.05, 0) is 115 Å². The molecule has 0 heterocycles. The van der Waals surface area contributed by atoms with Gasteiger partial charge in [0.25, 0.3) is 0 Å². The molecule has 2 aromatic rings. The van der Waals surface area contributed by atoms with Crippen LogP contribution in [0.3, 0.4) is 0 Å². The molecular weight excluding hydrogens is 1270 g/mol. The van der Waals surface area contributed by atoms with Crippen LogP contribution in [0, 0.1) is 0 Å². The van der Waals surface area contributed by atoms with Crippen molar-refractivity contribution in [1.82, 2.24) is 0 Å². The summed E-state index contributed by atoms with van der Waals surface area (Å²) >= 11 is 0. The van der Waals surface area contributed by atoms with Crippen molar-refractivity contribution in [2.75, 3.05) is 52.4 Å². The number of benzene rings is 2. The maximum absolute atomic E-state index is 12.4. The quantitative estimate of drug-likeness (QED) is 0.0485. The first kappa shape index (κ1) is 99.5. The van der Waals surface area contributed by atoms with E-state index in [2.05, 4.69) is 55.4 Å². The molecule has 0 unspecified atom stereocenters. The molecule has 0 saturated carbocycles. The summed E-state index contributed by atoms with van der Waals surface area (Å²) in [4.78, 5) is 22.0. The number of unbranched alkanes of at least 4 members (excludes halogenated alkanes) is 56. The average molecular weight is 1450 g/mol. The summed E-state index contributed by atoms with van der Waals surface area (Å²) in [5.74, 6) is -2.94. The monoisotopic (exact) mass is 1450 g/mol. The lowest BCUT2D eigenvalue weighted by atomic mass is 10.0. The smallest absolute Gasteiger partial charge is 0.0863 e. The number of aromatic carboxylic acids is 2. The average Bonchev–Trinajstić information content (AvgIpc) is 0.811. The molecule has 0 radical (unpaired) electrons. The largest absolute Gasteiger partial charge is 0.545 e. The second-order valence-corrected chi connectivity index (χ2v) is 33.5. The number of carbonyl (C=O) groups excluding carboxylic acids is 2. The van der Waals surface area contributed by atoms with Gasteiger partial charge in [-0.25, -0.2) is 4.21 Å². The van der Waals surface area contributed by atoms with Crippen LogP contribution in [0.1, 0.15) is 487 Å². The van der Waals surface area contributed by atoms with Gasteiger partial charge in [0.05, 0.1) is 84.9 Å². The highest BCUT2D eigenvalue weighted by molar-refractivity contribution is 7.85. The fourth-order valence-corrected chi connectivity index (χ4v) is 17.0. The lowest BCUT2D eigenvalue weighted by Gasteiger charge is -2.40. The van der Waals surface area contributed by atoms with E-state index in [9.17, 15) is 24.0 Å². The Morgan fingerprint density at radius 3 is 0.490 bits per heavy atom. The van der Waals surface area contributed by atoms with E-state index in [-0.39, 0.29) is 20.9 Å². The van der Waals surface area contributed by atoms with Gasteiger partial charge < -0.3 is 28.8 Å². The fourth-order valence-electron chi connectivity index (χ4n) is 15.7. The van der Waals surface area contributed by atoms with Crippen molar-refractivity contribution in [1.29, 1.82) is 0 Å². The molecule has 598 valence electrons. The molecule has 0 aliphatic carbocycles. The normalized spacial score (nSPS) is 11.7. The van der Waals surface area contributed by atoms with Crippen molar-refractivity contribution in [2.45, 2.75) is 476 Å². The van der Waals surface area contributed by atoms with Crippen LogP contribution in [-0.4, -0.2) is 77.5 Å². The molecule has 0 aliphatic rings. The maximum atomic E-state index is 12.4. The van der Waals surface area contributed by atoms with E-state index < -0.39 is 22.7 Å². The number of quaternary nitrogens is 2. The molecule has 0 saturated heterocycles. The van der Waals surface area contributed by atoms with Crippen LogP contribution in [0.5, 0.6) is 0 Å². The molecule has 0 N–H and O–H groups in total. The molecule has 0 fully saturated rings. The molecular formula is C94H176N2O5S. The van der Waals surface area contributed by atoms with Crippen molar-refractivity contribution in [3.8, 4) is 0 Å². The van der Waals surface area contributed by atoms with E-state index in [0.717, 1.165) is 0 Å². The zero-order chi connectivity index (χ0) is 74.6. The first-order chi connectivity index (χ1) is 50.0. The van der Waals surface area contributed by atoms with Crippen LogP contribution in [0.4, 0.5) is 0 Å². The Kier molecular flexibility index (Phi) is 74.7. The topological polar surface area (TPSA) is 97.3 Å². The predicted molar refractivity (Wildman–Crippen MR) is 447 cm³/mol. The summed E-state index contributed by atoms with van der Waals surface area (Å²) in [6, 6.07) is 11.2. The van der Waals surface area contributed by atoms with Crippen molar-refractivity contribution < 1.29 is 33.0 Å². The van der Waals surface area contributed by atoms with Crippen molar-refractivity contribution in [2.24, 2.45) is 0 Å². The number of carbonyl (C=O) groups is 2. The van der Waals surface area contributed by atoms with Gasteiger partial charge in [0.15, 0.2) is 0 Å². The van der Waals surface area contributed by atoms with Gasteiger partial charge in [0.1, 0.15) is 0 Å². The SMILES string of the molecule is CCCCCCCCCC[N+](CCCCCCCCCC)(CCCCCCCCCC)CCCCCCCCCC.CCCCCCCCCC[N+](CCCCCCCCCC)(CCCCCCCCCC)CCCCCCCCCC.O=C([O-])c1ccccc1S(=O)c1ccccc1C(=O)[O-]. The predicted octanol–water partition coefficient (Wildman–Crippen LogP) is 28.3. The second kappa shape index (κ2) is 76.6. The Hall–Kier alpha value is -2.55. The minimum Gasteiger partial charge on any atom is -0.545 e. The highest BCUT2D eigenvalue weighted by atomic mass is 32.2. The van der Waals surface area contributed by atoms with Crippen molar-refractivity contribution >= 4 is 22.7 Å². The van der Waals surface area contributed by atoms with E-state index >= 15 is 0 Å². The lowest BCUT2D eigenvalue weighted by Crippen LogP contribution is -2.50. The first-order valence-corrected chi connectivity index (χ1v) is 46.9. The first-order valence-electron chi connectivity index (χ1n) is 45.7. The number of hydrogen-bond acceptors (Lipinski definition) is 5. The molecule has 2 aromatic carbocycles. The lowest BCUT2D eigenvalue weighted by molar-refractivity contribution is -0.929. The number of carboxylic acids is 2. The van der Waals surface area contributed by atoms with E-state index in [1.807, 2.05) is 0 Å². The second-order valence-electron chi connectivity index (χ2n) is 32.1. The van der Waals surface area contributed by atoms with Gasteiger partial charge in [0.2, 0.25) is 0 Å². The minimum absolute atomic E-state index is 0.0128. The third kappa shape index (κ3) is 59.5. The number of nitrogens with zero attached hydrogens (tertiary/aromatic N) is 2. The van der Waals surface area contributed by atoms with Crippen LogP contribution in [-0.2, 0) is 10.8 Å². The summed E-state index contributed by atoms with van der Waals surface area (Å²) < 4.78 is 15.4. The van der Waals surface area contributed by atoms with E-state index in [4.69, 9.17) is 0 Å². The van der Waals surface area contributed by atoms with Crippen molar-refractivity contribution in [3.05, 3.63) is 59.7 Å². The standard InChI is InChI=1S/2C40H84N.C14H10O5S/c2*1-5-9-13-17-21-25-29-33-37-41(38-34-30-26-22-18-14-10-6-2,39-35-31-27-23-19-15-11-7-3)40-36-32-28-24-20-16-12-8-4;15-13(16)9-5-1-3-7-11(9)20(19)12-8-4-2-6-10(12)14(17)18/h2*5-40H2,1-4H3;1-8H,(H,15,16)(H,17,18)/q2*+1;/p-2. The van der Waals surface area contributed by atoms with Gasteiger partial charge in [-0.15, -0.1) is 0 Å². The molecule has 0 atom stereocenters. The number of rotatable bonds is 76. The zero-order valence-electron chi connectivity index (χ0n) is 69.9. The summed E-state index contributed by atoms with van der Waals surface area (Å²) in [7, 11) is -1.95. The van der Waals surface area contributed by atoms with E-state index in [1.54, 1.807) is 0 Å². The highest BCUT2D eigenvalue weighted by Gasteiger charge is 2.28. The van der Waals surface area contributed by atoms with Crippen LogP contribution < -0.4 is 10.2 Å². The van der Waals surface area contributed by atoms with E-state index in [1.165, 1.54) is 521 Å². The Labute approximate surface area is 640 Å². The third-order valence-electron chi connectivity index (χ3n) is 22.5. The molecule has 102 heavy (non-hydrogen) atoms. The van der Waals surface area contributed by atoms with Gasteiger partial charge in [-0.2, -0.15) is 0 Å².